The van der Waals surface area contributed by atoms with Crippen LogP contribution >= 0.6 is 7.60 Å². The molecule has 12 heavy (non-hydrogen) atoms. The van der Waals surface area contributed by atoms with Gasteiger partial charge in [-0.1, -0.05) is 0 Å². The number of aliphatic carboxylic acids is 1. The summed E-state index contributed by atoms with van der Waals surface area (Å²) in [6.45, 7) is 1.13. The van der Waals surface area contributed by atoms with Gasteiger partial charge >= 0.3 is 13.6 Å². The summed E-state index contributed by atoms with van der Waals surface area (Å²) in [5.74, 6) is -1.33. The maximum Gasteiger partial charge on any atom is 0.351 e. The molecule has 0 aliphatic carbocycles. The van der Waals surface area contributed by atoms with Crippen molar-refractivity contribution in [1.82, 2.24) is 0 Å². The second-order valence-corrected chi connectivity index (χ2v) is 4.01. The topological polar surface area (TPSA) is 121 Å². The van der Waals surface area contributed by atoms with Crippen LogP contribution in [0.3, 0.4) is 0 Å². The summed E-state index contributed by atoms with van der Waals surface area (Å²) in [4.78, 5) is 27.2. The van der Waals surface area contributed by atoms with Crippen molar-refractivity contribution in [3.63, 3.8) is 0 Å². The lowest BCUT2D eigenvalue weighted by Crippen LogP contribution is -2.27. The third kappa shape index (κ3) is 3.64. The number of nitrogens with two attached hydrogens (primary N) is 1. The Hall–Kier alpha value is -0.680. The molecule has 0 spiro atoms. The van der Waals surface area contributed by atoms with Crippen LogP contribution in [0.25, 0.3) is 0 Å². The van der Waals surface area contributed by atoms with E-state index in [2.05, 4.69) is 0 Å². The van der Waals surface area contributed by atoms with E-state index in [1.54, 1.807) is 0 Å². The standard InChI is InChI=1S/C5H10NO5P/c1-3(12(9,10)11)2-4(6)5(7)8/h2,4H,6H2,1H3,(H,7,8)(H2,9,10,11)/b3-2+. The fraction of sp³-hybridized carbons (Fsp3) is 0.400. The van der Waals surface area contributed by atoms with Crippen molar-refractivity contribution in [2.45, 2.75) is 13.0 Å². The zero-order valence-electron chi connectivity index (χ0n) is 6.34. The van der Waals surface area contributed by atoms with Crippen LogP contribution in [-0.2, 0) is 9.36 Å². The van der Waals surface area contributed by atoms with Gasteiger partial charge in [0.05, 0.1) is 0 Å². The van der Waals surface area contributed by atoms with Crippen LogP contribution in [0, 0.1) is 0 Å². The number of carbonyl (C=O) groups is 1. The summed E-state index contributed by atoms with van der Waals surface area (Å²) < 4.78 is 10.5. The second kappa shape index (κ2) is 3.82. The Morgan fingerprint density at radius 2 is 2.00 bits per heavy atom. The van der Waals surface area contributed by atoms with Crippen molar-refractivity contribution in [3.05, 3.63) is 11.4 Å². The van der Waals surface area contributed by atoms with E-state index in [0.717, 1.165) is 13.0 Å². The van der Waals surface area contributed by atoms with Crippen LogP contribution in [0.15, 0.2) is 11.4 Å². The summed E-state index contributed by atoms with van der Waals surface area (Å²) in [5.41, 5.74) is 4.99. The molecule has 0 aromatic carbocycles. The van der Waals surface area contributed by atoms with Crippen LogP contribution in [-0.4, -0.2) is 26.9 Å². The van der Waals surface area contributed by atoms with Crippen LogP contribution in [0.5, 0.6) is 0 Å². The lowest BCUT2D eigenvalue weighted by molar-refractivity contribution is -0.137. The Morgan fingerprint density at radius 3 is 2.25 bits per heavy atom. The van der Waals surface area contributed by atoms with Gasteiger partial charge in [-0.3, -0.25) is 9.36 Å². The second-order valence-electron chi connectivity index (χ2n) is 2.22. The molecule has 0 aromatic heterocycles. The molecule has 1 atom stereocenters. The lowest BCUT2D eigenvalue weighted by Gasteiger charge is -2.05. The number of allylic oxidation sites excluding steroid dienone is 1. The van der Waals surface area contributed by atoms with E-state index in [1.165, 1.54) is 0 Å². The van der Waals surface area contributed by atoms with Gasteiger partial charge < -0.3 is 20.6 Å². The van der Waals surface area contributed by atoms with E-state index in [-0.39, 0.29) is 5.31 Å². The molecular formula is C5H10NO5P. The normalized spacial score (nSPS) is 15.8. The predicted octanol–water partition coefficient (Wildman–Crippen LogP) is -0.520. The largest absolute Gasteiger partial charge is 0.480 e. The molecule has 0 aliphatic heterocycles. The number of carboxylic acids is 1. The van der Waals surface area contributed by atoms with Gasteiger partial charge in [0.1, 0.15) is 6.04 Å². The molecule has 0 rings (SSSR count). The number of hydrogen-bond donors (Lipinski definition) is 4. The lowest BCUT2D eigenvalue weighted by atomic mass is 10.3. The average Bonchev–Trinajstić information content (AvgIpc) is 1.85. The van der Waals surface area contributed by atoms with Crippen LogP contribution < -0.4 is 5.73 Å². The Morgan fingerprint density at radius 1 is 1.58 bits per heavy atom. The van der Waals surface area contributed by atoms with Crippen molar-refractivity contribution in [2.24, 2.45) is 5.73 Å². The molecule has 0 bridgehead atoms. The van der Waals surface area contributed by atoms with Crippen LogP contribution in [0.4, 0.5) is 0 Å². The molecule has 1 unspecified atom stereocenters. The molecule has 0 saturated carbocycles. The Balaban J connectivity index is 4.58. The third-order valence-corrected chi connectivity index (χ3v) is 2.23. The average molecular weight is 195 g/mol. The first kappa shape index (κ1) is 11.3. The monoisotopic (exact) mass is 195 g/mol. The fourth-order valence-corrected chi connectivity index (χ4v) is 0.783. The summed E-state index contributed by atoms with van der Waals surface area (Å²) in [6.07, 6.45) is 0.823. The van der Waals surface area contributed by atoms with Gasteiger partial charge in [0.15, 0.2) is 0 Å². The van der Waals surface area contributed by atoms with Crippen molar-refractivity contribution < 1.29 is 24.3 Å². The molecular weight excluding hydrogens is 185 g/mol. The Labute approximate surface area is 68.9 Å². The van der Waals surface area contributed by atoms with E-state index >= 15 is 0 Å². The maximum absolute atomic E-state index is 10.5. The highest BCUT2D eigenvalue weighted by atomic mass is 31.2. The molecule has 0 heterocycles. The highest BCUT2D eigenvalue weighted by molar-refractivity contribution is 7.56. The SMILES string of the molecule is C/C(=C\C(N)C(=O)O)P(=O)(O)O. The molecule has 7 heteroatoms. The van der Waals surface area contributed by atoms with E-state index in [4.69, 9.17) is 20.6 Å². The first-order valence-corrected chi connectivity index (χ1v) is 4.59. The molecule has 70 valence electrons. The van der Waals surface area contributed by atoms with Crippen molar-refractivity contribution in [1.29, 1.82) is 0 Å². The minimum atomic E-state index is -4.33. The van der Waals surface area contributed by atoms with Crippen LogP contribution in [0.2, 0.25) is 0 Å². The van der Waals surface area contributed by atoms with E-state index in [9.17, 15) is 9.36 Å². The van der Waals surface area contributed by atoms with Crippen LogP contribution in [0.1, 0.15) is 6.92 Å². The highest BCUT2D eigenvalue weighted by Crippen LogP contribution is 2.44. The Kier molecular flexibility index (Phi) is 3.60. The molecule has 6 nitrogen and oxygen atoms in total. The minimum absolute atomic E-state index is 0.336. The fourth-order valence-electron chi connectivity index (χ4n) is 0.428. The predicted molar refractivity (Wildman–Crippen MR) is 41.4 cm³/mol. The van der Waals surface area contributed by atoms with Gasteiger partial charge in [0.25, 0.3) is 0 Å². The summed E-state index contributed by atoms with van der Waals surface area (Å²) in [5, 5.41) is 7.94. The highest BCUT2D eigenvalue weighted by Gasteiger charge is 2.18. The van der Waals surface area contributed by atoms with Crippen molar-refractivity contribution in [3.8, 4) is 0 Å². The summed E-state index contributed by atoms with van der Waals surface area (Å²) >= 11 is 0. The van der Waals surface area contributed by atoms with Gasteiger partial charge in [0, 0.05) is 5.31 Å². The summed E-state index contributed by atoms with van der Waals surface area (Å²) in [7, 11) is -4.33. The Bertz CT molecular complexity index is 255. The smallest absolute Gasteiger partial charge is 0.351 e. The summed E-state index contributed by atoms with van der Waals surface area (Å²) in [6, 6.07) is -1.38. The number of hydrogen-bond acceptors (Lipinski definition) is 3. The molecule has 0 saturated heterocycles. The molecule has 0 radical (unpaired) electrons. The zero-order chi connectivity index (χ0) is 9.94. The minimum Gasteiger partial charge on any atom is -0.480 e. The first-order chi connectivity index (χ1) is 5.25. The quantitative estimate of drug-likeness (QED) is 0.449. The maximum atomic E-state index is 10.5. The molecule has 0 aromatic rings. The van der Waals surface area contributed by atoms with E-state index < -0.39 is 19.6 Å². The molecule has 0 aliphatic rings. The van der Waals surface area contributed by atoms with E-state index in [0.29, 0.717) is 0 Å². The molecule has 0 fully saturated rings. The zero-order valence-corrected chi connectivity index (χ0v) is 7.23. The van der Waals surface area contributed by atoms with Crippen molar-refractivity contribution >= 4 is 13.6 Å². The van der Waals surface area contributed by atoms with Gasteiger partial charge in [-0.05, 0) is 13.0 Å². The van der Waals surface area contributed by atoms with Crippen molar-refractivity contribution in [2.75, 3.05) is 0 Å². The molecule has 0 amide bonds. The number of rotatable bonds is 3. The first-order valence-electron chi connectivity index (χ1n) is 2.98. The van der Waals surface area contributed by atoms with Gasteiger partial charge in [0.2, 0.25) is 0 Å². The molecule has 5 N–H and O–H groups in total. The van der Waals surface area contributed by atoms with Gasteiger partial charge in [-0.2, -0.15) is 0 Å². The number of carboxylic acid groups (broad SMARTS) is 1. The van der Waals surface area contributed by atoms with Gasteiger partial charge in [-0.25, -0.2) is 0 Å². The van der Waals surface area contributed by atoms with E-state index in [1.807, 2.05) is 0 Å². The third-order valence-electron chi connectivity index (χ3n) is 1.17. The van der Waals surface area contributed by atoms with Gasteiger partial charge in [-0.15, -0.1) is 0 Å².